The maximum absolute atomic E-state index is 13.9. The number of benzene rings is 1. The Hall–Kier alpha value is -1.44. The van der Waals surface area contributed by atoms with Crippen molar-refractivity contribution >= 4 is 0 Å². The molecule has 3 aliphatic rings. The van der Waals surface area contributed by atoms with E-state index < -0.39 is 11.0 Å². The zero-order valence-electron chi connectivity index (χ0n) is 11.1. The molecule has 104 valence electrons. The summed E-state index contributed by atoms with van der Waals surface area (Å²) in [5.41, 5.74) is -1.05. The van der Waals surface area contributed by atoms with Crippen molar-refractivity contribution in [2.24, 2.45) is 5.41 Å². The van der Waals surface area contributed by atoms with Gasteiger partial charge in [-0.25, -0.2) is 4.39 Å². The second kappa shape index (κ2) is 3.81. The predicted molar refractivity (Wildman–Crippen MR) is 69.2 cm³/mol. The summed E-state index contributed by atoms with van der Waals surface area (Å²) in [6.45, 7) is 0. The van der Waals surface area contributed by atoms with Crippen LogP contribution in [0.25, 0.3) is 0 Å². The number of halogens is 1. The van der Waals surface area contributed by atoms with E-state index in [1.165, 1.54) is 6.07 Å². The minimum Gasteiger partial charge on any atom is -0.383 e. The molecule has 4 heteroatoms. The summed E-state index contributed by atoms with van der Waals surface area (Å²) in [6.07, 6.45) is 3.06. The molecule has 1 N–H and O–H groups in total. The van der Waals surface area contributed by atoms with Crippen LogP contribution < -0.4 is 0 Å². The topological polar surface area (TPSA) is 53.2 Å². The molecular formula is C16H16FNO2. The highest BCUT2D eigenvalue weighted by molar-refractivity contribution is 5.43. The molecular weight excluding hydrogens is 257 g/mol. The van der Waals surface area contributed by atoms with Crippen LogP contribution >= 0.6 is 0 Å². The molecule has 0 aromatic heterocycles. The second-order valence-corrected chi connectivity index (χ2v) is 6.24. The van der Waals surface area contributed by atoms with Crippen molar-refractivity contribution in [3.05, 3.63) is 35.1 Å². The highest BCUT2D eigenvalue weighted by atomic mass is 19.1. The summed E-state index contributed by atoms with van der Waals surface area (Å²) in [6, 6.07) is 7.15. The molecule has 3 nitrogen and oxygen atoms in total. The van der Waals surface area contributed by atoms with Gasteiger partial charge in [0.05, 0.1) is 18.3 Å². The third kappa shape index (κ3) is 1.25. The highest BCUT2D eigenvalue weighted by Gasteiger charge is 2.65. The van der Waals surface area contributed by atoms with Crippen molar-refractivity contribution in [3.63, 3.8) is 0 Å². The van der Waals surface area contributed by atoms with Crippen LogP contribution in [0.5, 0.6) is 0 Å². The Kier molecular flexibility index (Phi) is 2.34. The van der Waals surface area contributed by atoms with Gasteiger partial charge in [0, 0.05) is 0 Å². The monoisotopic (exact) mass is 273 g/mol. The van der Waals surface area contributed by atoms with Gasteiger partial charge in [0.1, 0.15) is 16.8 Å². The van der Waals surface area contributed by atoms with E-state index in [1.54, 1.807) is 12.1 Å². The van der Waals surface area contributed by atoms with Crippen LogP contribution in [-0.4, -0.2) is 17.3 Å². The average Bonchev–Trinajstić information content (AvgIpc) is 3.14. The maximum Gasteiger partial charge on any atom is 0.126 e. The van der Waals surface area contributed by atoms with Crippen LogP contribution in [0.2, 0.25) is 0 Å². The number of rotatable bonds is 1. The number of nitrogens with zero attached hydrogens (tertiary/aromatic N) is 1. The van der Waals surface area contributed by atoms with Crippen LogP contribution in [-0.2, 0) is 16.8 Å². The number of aliphatic hydroxyl groups is 1. The van der Waals surface area contributed by atoms with E-state index in [0.717, 1.165) is 12.8 Å². The number of hydrogen-bond donors (Lipinski definition) is 1. The molecule has 2 heterocycles. The van der Waals surface area contributed by atoms with Gasteiger partial charge in [0.15, 0.2) is 0 Å². The Morgan fingerprint density at radius 3 is 2.90 bits per heavy atom. The lowest BCUT2D eigenvalue weighted by Gasteiger charge is -2.42. The van der Waals surface area contributed by atoms with E-state index in [-0.39, 0.29) is 18.0 Å². The van der Waals surface area contributed by atoms with Crippen LogP contribution in [0.3, 0.4) is 0 Å². The van der Waals surface area contributed by atoms with Gasteiger partial charge in [0.2, 0.25) is 0 Å². The third-order valence-electron chi connectivity index (χ3n) is 5.45. The van der Waals surface area contributed by atoms with Crippen molar-refractivity contribution in [3.8, 4) is 6.07 Å². The fourth-order valence-electron chi connectivity index (χ4n) is 4.46. The lowest BCUT2D eigenvalue weighted by molar-refractivity contribution is -0.0898. The molecule has 4 atom stereocenters. The Labute approximate surface area is 117 Å². The quantitative estimate of drug-likeness (QED) is 0.855. The van der Waals surface area contributed by atoms with E-state index >= 15 is 0 Å². The van der Waals surface area contributed by atoms with Crippen LogP contribution in [0.4, 0.5) is 4.39 Å². The maximum atomic E-state index is 13.9. The Morgan fingerprint density at radius 1 is 1.40 bits per heavy atom. The molecule has 20 heavy (non-hydrogen) atoms. The Balaban J connectivity index is 1.88. The molecule has 4 unspecified atom stereocenters. The van der Waals surface area contributed by atoms with Crippen molar-refractivity contribution in [2.45, 2.75) is 49.9 Å². The fourth-order valence-corrected chi connectivity index (χ4v) is 4.46. The lowest BCUT2D eigenvalue weighted by atomic mass is 9.62. The molecule has 2 fully saturated rings. The zero-order chi connectivity index (χ0) is 14.0. The molecule has 1 aliphatic carbocycles. The van der Waals surface area contributed by atoms with Crippen molar-refractivity contribution in [1.29, 1.82) is 5.26 Å². The molecule has 0 saturated carbocycles. The lowest BCUT2D eigenvalue weighted by Crippen LogP contribution is -2.49. The molecule has 2 aliphatic heterocycles. The largest absolute Gasteiger partial charge is 0.383 e. The first-order valence-electron chi connectivity index (χ1n) is 7.18. The first-order chi connectivity index (χ1) is 9.61. The smallest absolute Gasteiger partial charge is 0.126 e. The second-order valence-electron chi connectivity index (χ2n) is 6.24. The molecule has 0 radical (unpaired) electrons. The molecule has 1 aromatic rings. The van der Waals surface area contributed by atoms with Gasteiger partial charge in [-0.05, 0) is 49.3 Å². The van der Waals surface area contributed by atoms with Crippen LogP contribution in [0.1, 0.15) is 36.8 Å². The summed E-state index contributed by atoms with van der Waals surface area (Å²) < 4.78 is 19.7. The highest BCUT2D eigenvalue weighted by Crippen LogP contribution is 2.60. The SMILES string of the molecule is N#CC1(C2(O)CCc3c(F)cccc32)CC2CCC1O2. The fraction of sp³-hybridized carbons (Fsp3) is 0.562. The summed E-state index contributed by atoms with van der Waals surface area (Å²) in [4.78, 5) is 0. The summed E-state index contributed by atoms with van der Waals surface area (Å²) in [5, 5.41) is 21.0. The van der Waals surface area contributed by atoms with Crippen molar-refractivity contribution in [1.82, 2.24) is 0 Å². The first kappa shape index (κ1) is 12.3. The predicted octanol–water partition coefficient (Wildman–Crippen LogP) is 2.42. The standard InChI is InChI=1S/C16H16FNO2/c17-13-3-1-2-12-11(13)6-7-16(12,19)15(9-18)8-10-4-5-14(15)20-10/h1-3,10,14,19H,4-8H2. The summed E-state index contributed by atoms with van der Waals surface area (Å²) >= 11 is 0. The van der Waals surface area contributed by atoms with Crippen LogP contribution in [0, 0.1) is 22.6 Å². The molecule has 2 bridgehead atoms. The Morgan fingerprint density at radius 2 is 2.25 bits per heavy atom. The number of fused-ring (bicyclic) bond motifs is 3. The zero-order valence-corrected chi connectivity index (χ0v) is 11.1. The molecule has 1 aromatic carbocycles. The van der Waals surface area contributed by atoms with Gasteiger partial charge < -0.3 is 9.84 Å². The van der Waals surface area contributed by atoms with E-state index in [4.69, 9.17) is 4.74 Å². The van der Waals surface area contributed by atoms with E-state index in [1.807, 2.05) is 0 Å². The molecule has 0 amide bonds. The first-order valence-corrected chi connectivity index (χ1v) is 7.18. The van der Waals surface area contributed by atoms with Gasteiger partial charge in [-0.2, -0.15) is 5.26 Å². The van der Waals surface area contributed by atoms with Gasteiger partial charge in [-0.3, -0.25) is 0 Å². The number of ether oxygens (including phenoxy) is 1. The van der Waals surface area contributed by atoms with Gasteiger partial charge in [-0.15, -0.1) is 0 Å². The van der Waals surface area contributed by atoms with E-state index in [9.17, 15) is 14.8 Å². The Bertz CT molecular complexity index is 625. The van der Waals surface area contributed by atoms with Gasteiger partial charge in [0.25, 0.3) is 0 Å². The van der Waals surface area contributed by atoms with Gasteiger partial charge in [-0.1, -0.05) is 12.1 Å². The average molecular weight is 273 g/mol. The molecule has 4 rings (SSSR count). The minimum absolute atomic E-state index is 0.0706. The van der Waals surface area contributed by atoms with Crippen molar-refractivity contribution in [2.75, 3.05) is 0 Å². The number of nitriles is 1. The van der Waals surface area contributed by atoms with Crippen LogP contribution in [0.15, 0.2) is 18.2 Å². The van der Waals surface area contributed by atoms with E-state index in [0.29, 0.717) is 30.4 Å². The normalized spacial score (nSPS) is 41.6. The third-order valence-corrected chi connectivity index (χ3v) is 5.45. The van der Waals surface area contributed by atoms with Gasteiger partial charge >= 0.3 is 0 Å². The summed E-state index contributed by atoms with van der Waals surface area (Å²) in [5.74, 6) is -0.282. The summed E-state index contributed by atoms with van der Waals surface area (Å²) in [7, 11) is 0. The van der Waals surface area contributed by atoms with E-state index in [2.05, 4.69) is 6.07 Å². The minimum atomic E-state index is -1.28. The van der Waals surface area contributed by atoms with Crippen molar-refractivity contribution < 1.29 is 14.2 Å². The molecule has 0 spiro atoms. The number of hydrogen-bond acceptors (Lipinski definition) is 3. The molecule has 2 saturated heterocycles.